The largest absolute Gasteiger partial charge is 0.468 e. The molecule has 0 aromatic heterocycles. The number of carbonyl (C=O) groups is 2. The van der Waals surface area contributed by atoms with Crippen molar-refractivity contribution in [2.24, 2.45) is 5.16 Å². The maximum atomic E-state index is 11.2. The number of nitrogens with one attached hydrogen (secondary N) is 1. The van der Waals surface area contributed by atoms with E-state index in [0.717, 1.165) is 0 Å². The SMILES string of the molecule is COC(=O)CNC(=O)CC1=NOCC1. The zero-order valence-electron chi connectivity index (χ0n) is 7.91. The van der Waals surface area contributed by atoms with Crippen molar-refractivity contribution in [3.63, 3.8) is 0 Å². The Bertz CT molecular complexity index is 262. The van der Waals surface area contributed by atoms with E-state index in [1.54, 1.807) is 0 Å². The van der Waals surface area contributed by atoms with Crippen molar-refractivity contribution in [2.45, 2.75) is 12.8 Å². The number of ether oxygens (including phenoxy) is 1. The quantitative estimate of drug-likeness (QED) is 0.617. The monoisotopic (exact) mass is 200 g/mol. The summed E-state index contributed by atoms with van der Waals surface area (Å²) in [5.41, 5.74) is 0.701. The fourth-order valence-corrected chi connectivity index (χ4v) is 0.957. The molecule has 0 atom stereocenters. The van der Waals surface area contributed by atoms with Gasteiger partial charge in [0.15, 0.2) is 0 Å². The minimum absolute atomic E-state index is 0.108. The summed E-state index contributed by atoms with van der Waals surface area (Å²) in [5.74, 6) is -0.720. The van der Waals surface area contributed by atoms with E-state index in [9.17, 15) is 9.59 Å². The van der Waals surface area contributed by atoms with Gasteiger partial charge in [-0.05, 0) is 0 Å². The summed E-state index contributed by atoms with van der Waals surface area (Å²) in [5, 5.41) is 6.07. The highest BCUT2D eigenvalue weighted by Gasteiger charge is 2.13. The molecule has 6 heteroatoms. The number of hydrogen-bond acceptors (Lipinski definition) is 5. The third-order valence-corrected chi connectivity index (χ3v) is 1.70. The summed E-state index contributed by atoms with van der Waals surface area (Å²) >= 11 is 0. The lowest BCUT2D eigenvalue weighted by Crippen LogP contribution is -2.31. The van der Waals surface area contributed by atoms with Crippen LogP contribution in [-0.4, -0.2) is 37.8 Å². The third kappa shape index (κ3) is 3.42. The van der Waals surface area contributed by atoms with Gasteiger partial charge in [-0.3, -0.25) is 9.59 Å². The first-order valence-corrected chi connectivity index (χ1v) is 4.23. The average Bonchev–Trinajstić information content (AvgIpc) is 2.66. The maximum Gasteiger partial charge on any atom is 0.325 e. The summed E-state index contributed by atoms with van der Waals surface area (Å²) in [6, 6.07) is 0. The summed E-state index contributed by atoms with van der Waals surface area (Å²) in [6.07, 6.45) is 0.850. The lowest BCUT2D eigenvalue weighted by molar-refractivity contribution is -0.141. The number of rotatable bonds is 4. The van der Waals surface area contributed by atoms with Crippen LogP contribution in [0.4, 0.5) is 0 Å². The lowest BCUT2D eigenvalue weighted by Gasteiger charge is -2.02. The second kappa shape index (κ2) is 5.21. The average molecular weight is 200 g/mol. The number of esters is 1. The van der Waals surface area contributed by atoms with E-state index in [2.05, 4.69) is 15.2 Å². The number of nitrogens with zero attached hydrogens (tertiary/aromatic N) is 1. The smallest absolute Gasteiger partial charge is 0.325 e. The zero-order valence-corrected chi connectivity index (χ0v) is 7.91. The molecule has 0 aromatic carbocycles. The van der Waals surface area contributed by atoms with Crippen LogP contribution in [0.15, 0.2) is 5.16 Å². The van der Waals surface area contributed by atoms with Crippen molar-refractivity contribution in [1.29, 1.82) is 0 Å². The summed E-state index contributed by atoms with van der Waals surface area (Å²) < 4.78 is 4.36. The highest BCUT2D eigenvalue weighted by molar-refractivity contribution is 6.01. The van der Waals surface area contributed by atoms with Gasteiger partial charge in [0.25, 0.3) is 0 Å². The predicted molar refractivity (Wildman–Crippen MR) is 47.6 cm³/mol. The molecule has 78 valence electrons. The second-order valence-corrected chi connectivity index (χ2v) is 2.77. The maximum absolute atomic E-state index is 11.2. The Balaban J connectivity index is 2.18. The highest BCUT2D eigenvalue weighted by atomic mass is 16.6. The van der Waals surface area contributed by atoms with Gasteiger partial charge in [-0.1, -0.05) is 5.16 Å². The second-order valence-electron chi connectivity index (χ2n) is 2.77. The zero-order chi connectivity index (χ0) is 10.4. The van der Waals surface area contributed by atoms with Gasteiger partial charge in [0, 0.05) is 6.42 Å². The van der Waals surface area contributed by atoms with E-state index in [4.69, 9.17) is 4.84 Å². The van der Waals surface area contributed by atoms with E-state index < -0.39 is 5.97 Å². The van der Waals surface area contributed by atoms with Crippen molar-refractivity contribution in [3.05, 3.63) is 0 Å². The van der Waals surface area contributed by atoms with Gasteiger partial charge in [-0.15, -0.1) is 0 Å². The molecular formula is C8H12N2O4. The standard InChI is InChI=1S/C8H12N2O4/c1-13-8(12)5-9-7(11)4-6-2-3-14-10-6/h2-5H2,1H3,(H,9,11). The van der Waals surface area contributed by atoms with Crippen molar-refractivity contribution in [1.82, 2.24) is 5.32 Å². The van der Waals surface area contributed by atoms with E-state index in [1.807, 2.05) is 0 Å². The predicted octanol–water partition coefficient (Wildman–Crippen LogP) is -0.558. The molecule has 1 N–H and O–H groups in total. The van der Waals surface area contributed by atoms with Gasteiger partial charge in [0.1, 0.15) is 13.2 Å². The Kier molecular flexibility index (Phi) is 3.90. The topological polar surface area (TPSA) is 77.0 Å². The van der Waals surface area contributed by atoms with E-state index in [0.29, 0.717) is 18.7 Å². The normalized spacial score (nSPS) is 14.2. The van der Waals surface area contributed by atoms with Gasteiger partial charge < -0.3 is 14.9 Å². The van der Waals surface area contributed by atoms with Crippen LogP contribution >= 0.6 is 0 Å². The Morgan fingerprint density at radius 3 is 3.00 bits per heavy atom. The van der Waals surface area contributed by atoms with Gasteiger partial charge in [-0.25, -0.2) is 0 Å². The summed E-state index contributed by atoms with van der Waals surface area (Å²) in [4.78, 5) is 26.5. The first-order valence-electron chi connectivity index (χ1n) is 4.23. The van der Waals surface area contributed by atoms with Crippen LogP contribution in [0.2, 0.25) is 0 Å². The molecular weight excluding hydrogens is 188 g/mol. The molecule has 0 saturated heterocycles. The van der Waals surface area contributed by atoms with Gasteiger partial charge in [0.05, 0.1) is 19.2 Å². The molecule has 1 aliphatic heterocycles. The Morgan fingerprint density at radius 2 is 2.43 bits per heavy atom. The molecule has 6 nitrogen and oxygen atoms in total. The minimum atomic E-state index is -0.469. The van der Waals surface area contributed by atoms with Crippen molar-refractivity contribution >= 4 is 17.6 Å². The van der Waals surface area contributed by atoms with Crippen LogP contribution < -0.4 is 5.32 Å². The highest BCUT2D eigenvalue weighted by Crippen LogP contribution is 2.02. The molecule has 0 aromatic rings. The Morgan fingerprint density at radius 1 is 1.64 bits per heavy atom. The molecule has 1 amide bonds. The molecule has 0 fully saturated rings. The lowest BCUT2D eigenvalue weighted by atomic mass is 10.2. The van der Waals surface area contributed by atoms with Gasteiger partial charge >= 0.3 is 5.97 Å². The number of carbonyl (C=O) groups excluding carboxylic acids is 2. The Hall–Kier alpha value is -1.59. The number of methoxy groups -OCH3 is 1. The van der Waals surface area contributed by atoms with Crippen molar-refractivity contribution in [2.75, 3.05) is 20.3 Å². The molecule has 14 heavy (non-hydrogen) atoms. The fraction of sp³-hybridized carbons (Fsp3) is 0.625. The molecule has 0 unspecified atom stereocenters. The van der Waals surface area contributed by atoms with Crippen LogP contribution in [0, 0.1) is 0 Å². The van der Waals surface area contributed by atoms with E-state index in [1.165, 1.54) is 7.11 Å². The van der Waals surface area contributed by atoms with Crippen LogP contribution in [0.1, 0.15) is 12.8 Å². The van der Waals surface area contributed by atoms with Crippen molar-refractivity contribution in [3.8, 4) is 0 Å². The first-order chi connectivity index (χ1) is 6.72. The number of hydrogen-bond donors (Lipinski definition) is 1. The van der Waals surface area contributed by atoms with Crippen LogP contribution in [0.25, 0.3) is 0 Å². The summed E-state index contributed by atoms with van der Waals surface area (Å²) in [7, 11) is 1.27. The van der Waals surface area contributed by atoms with Gasteiger partial charge in [-0.2, -0.15) is 0 Å². The molecule has 0 radical (unpaired) electrons. The van der Waals surface area contributed by atoms with Crippen LogP contribution in [-0.2, 0) is 19.2 Å². The van der Waals surface area contributed by atoms with Gasteiger partial charge in [0.2, 0.25) is 5.91 Å². The minimum Gasteiger partial charge on any atom is -0.468 e. The molecule has 1 aliphatic rings. The molecule has 0 aliphatic carbocycles. The van der Waals surface area contributed by atoms with Crippen LogP contribution in [0.5, 0.6) is 0 Å². The Labute approximate surface area is 81.2 Å². The molecule has 0 spiro atoms. The van der Waals surface area contributed by atoms with E-state index in [-0.39, 0.29) is 18.9 Å². The molecule has 1 heterocycles. The van der Waals surface area contributed by atoms with E-state index >= 15 is 0 Å². The number of amides is 1. The molecule has 1 rings (SSSR count). The molecule has 0 bridgehead atoms. The molecule has 0 saturated carbocycles. The van der Waals surface area contributed by atoms with Crippen LogP contribution in [0.3, 0.4) is 0 Å². The summed E-state index contributed by atoms with van der Waals surface area (Å²) in [6.45, 7) is 0.420. The first kappa shape index (κ1) is 10.5. The third-order valence-electron chi connectivity index (χ3n) is 1.70. The number of oxime groups is 1. The fourth-order valence-electron chi connectivity index (χ4n) is 0.957. The van der Waals surface area contributed by atoms with Crippen molar-refractivity contribution < 1.29 is 19.2 Å².